The summed E-state index contributed by atoms with van der Waals surface area (Å²) in [6.45, 7) is 0.971. The molecule has 2 aromatic carbocycles. The third kappa shape index (κ3) is 2.32. The highest BCUT2D eigenvalue weighted by Gasteiger charge is 2.38. The lowest BCUT2D eigenvalue weighted by atomic mass is 9.95. The molecule has 2 heteroatoms. The van der Waals surface area contributed by atoms with Crippen LogP contribution in [-0.4, -0.2) is 13.2 Å². The van der Waals surface area contributed by atoms with Crippen molar-refractivity contribution in [3.63, 3.8) is 0 Å². The van der Waals surface area contributed by atoms with Crippen molar-refractivity contribution in [1.82, 2.24) is 5.32 Å². The second-order valence-corrected chi connectivity index (χ2v) is 6.63. The van der Waals surface area contributed by atoms with Crippen molar-refractivity contribution in [2.75, 3.05) is 7.11 Å². The first-order chi connectivity index (χ1) is 10.3. The van der Waals surface area contributed by atoms with Crippen molar-refractivity contribution >= 4 is 10.8 Å². The number of rotatable bonds is 4. The van der Waals surface area contributed by atoms with E-state index < -0.39 is 0 Å². The van der Waals surface area contributed by atoms with Crippen LogP contribution in [0.2, 0.25) is 0 Å². The van der Waals surface area contributed by atoms with Crippen molar-refractivity contribution in [3.05, 3.63) is 42.0 Å². The zero-order chi connectivity index (χ0) is 14.2. The van der Waals surface area contributed by atoms with Crippen LogP contribution < -0.4 is 10.1 Å². The van der Waals surface area contributed by atoms with Gasteiger partial charge in [0.2, 0.25) is 0 Å². The Morgan fingerprint density at radius 1 is 1.05 bits per heavy atom. The summed E-state index contributed by atoms with van der Waals surface area (Å²) in [6, 6.07) is 13.6. The molecular weight excluding hydrogens is 258 g/mol. The maximum atomic E-state index is 5.48. The lowest BCUT2D eigenvalue weighted by Gasteiger charge is -2.23. The summed E-state index contributed by atoms with van der Waals surface area (Å²) in [4.78, 5) is 0. The molecule has 0 aromatic heterocycles. The van der Waals surface area contributed by atoms with Gasteiger partial charge in [0.15, 0.2) is 0 Å². The van der Waals surface area contributed by atoms with Gasteiger partial charge < -0.3 is 10.1 Å². The molecule has 2 nitrogen and oxygen atoms in total. The molecule has 2 aliphatic rings. The van der Waals surface area contributed by atoms with Gasteiger partial charge in [0.05, 0.1) is 7.11 Å². The van der Waals surface area contributed by atoms with Gasteiger partial charge in [-0.2, -0.15) is 0 Å². The molecule has 0 radical (unpaired) electrons. The largest absolute Gasteiger partial charge is 0.496 e. The molecule has 4 rings (SSSR count). The average Bonchev–Trinajstić information content (AvgIpc) is 3.15. The van der Waals surface area contributed by atoms with E-state index in [9.17, 15) is 0 Å². The Morgan fingerprint density at radius 2 is 1.90 bits per heavy atom. The van der Waals surface area contributed by atoms with Crippen LogP contribution in [0.4, 0.5) is 0 Å². The van der Waals surface area contributed by atoms with Crippen LogP contribution in [0.1, 0.15) is 31.2 Å². The van der Waals surface area contributed by atoms with Crippen molar-refractivity contribution in [1.29, 1.82) is 0 Å². The fourth-order valence-electron chi connectivity index (χ4n) is 4.40. The topological polar surface area (TPSA) is 21.3 Å². The zero-order valence-corrected chi connectivity index (χ0v) is 12.6. The molecule has 110 valence electrons. The molecule has 2 aliphatic carbocycles. The molecular formula is C19H23NO. The van der Waals surface area contributed by atoms with Crippen LogP contribution in [0, 0.1) is 11.8 Å². The van der Waals surface area contributed by atoms with Crippen LogP contribution in [0.15, 0.2) is 36.4 Å². The molecule has 0 heterocycles. The predicted octanol–water partition coefficient (Wildman–Crippen LogP) is 4.13. The van der Waals surface area contributed by atoms with E-state index in [2.05, 4.69) is 41.7 Å². The second kappa shape index (κ2) is 5.34. The van der Waals surface area contributed by atoms with E-state index in [1.54, 1.807) is 7.11 Å². The van der Waals surface area contributed by atoms with Gasteiger partial charge in [-0.3, -0.25) is 0 Å². The van der Waals surface area contributed by atoms with Gasteiger partial charge in [0.1, 0.15) is 5.75 Å². The predicted molar refractivity (Wildman–Crippen MR) is 86.6 cm³/mol. The van der Waals surface area contributed by atoms with Crippen molar-refractivity contribution in [2.24, 2.45) is 11.8 Å². The van der Waals surface area contributed by atoms with Gasteiger partial charge in [-0.05, 0) is 48.1 Å². The van der Waals surface area contributed by atoms with Gasteiger partial charge in [-0.15, -0.1) is 0 Å². The van der Waals surface area contributed by atoms with Crippen LogP contribution in [0.25, 0.3) is 10.8 Å². The number of fused-ring (bicyclic) bond motifs is 3. The lowest BCUT2D eigenvalue weighted by molar-refractivity contribution is 0.351. The minimum absolute atomic E-state index is 0.740. The van der Waals surface area contributed by atoms with E-state index in [0.29, 0.717) is 0 Å². The van der Waals surface area contributed by atoms with Gasteiger partial charge >= 0.3 is 0 Å². The van der Waals surface area contributed by atoms with Crippen molar-refractivity contribution < 1.29 is 4.74 Å². The molecule has 0 saturated heterocycles. The highest BCUT2D eigenvalue weighted by atomic mass is 16.5. The average molecular weight is 281 g/mol. The van der Waals surface area contributed by atoms with Crippen molar-refractivity contribution in [2.45, 2.75) is 38.3 Å². The zero-order valence-electron chi connectivity index (χ0n) is 12.6. The second-order valence-electron chi connectivity index (χ2n) is 6.63. The Morgan fingerprint density at radius 3 is 2.62 bits per heavy atom. The molecule has 0 spiro atoms. The maximum Gasteiger partial charge on any atom is 0.126 e. The molecule has 3 unspecified atom stereocenters. The molecule has 21 heavy (non-hydrogen) atoms. The third-order valence-electron chi connectivity index (χ3n) is 5.49. The summed E-state index contributed by atoms with van der Waals surface area (Å²) in [5, 5.41) is 6.35. The maximum absolute atomic E-state index is 5.48. The van der Waals surface area contributed by atoms with E-state index in [1.807, 2.05) is 0 Å². The molecule has 0 amide bonds. The Bertz CT molecular complexity index is 651. The highest BCUT2D eigenvalue weighted by Crippen LogP contribution is 2.44. The number of hydrogen-bond donors (Lipinski definition) is 1. The van der Waals surface area contributed by atoms with Gasteiger partial charge in [0.25, 0.3) is 0 Å². The third-order valence-corrected chi connectivity index (χ3v) is 5.49. The molecule has 2 aromatic rings. The smallest absolute Gasteiger partial charge is 0.126 e. The monoisotopic (exact) mass is 281 g/mol. The van der Waals surface area contributed by atoms with E-state index in [-0.39, 0.29) is 0 Å². The quantitative estimate of drug-likeness (QED) is 0.910. The standard InChI is InChI=1S/C19H23NO/c1-21-19-9-8-15(16-4-2-3-5-17(16)19)12-20-18-11-13-6-7-14(18)10-13/h2-5,8-9,13-14,18,20H,6-7,10-12H2,1H3. The Kier molecular flexibility index (Phi) is 3.34. The van der Waals surface area contributed by atoms with Gasteiger partial charge in [0, 0.05) is 18.0 Å². The molecule has 0 aliphatic heterocycles. The van der Waals surface area contributed by atoms with Crippen LogP contribution in [0.3, 0.4) is 0 Å². The number of ether oxygens (including phenoxy) is 1. The molecule has 1 N–H and O–H groups in total. The summed E-state index contributed by atoms with van der Waals surface area (Å²) in [5.74, 6) is 2.90. The highest BCUT2D eigenvalue weighted by molar-refractivity contribution is 5.91. The number of benzene rings is 2. The molecule has 3 atom stereocenters. The summed E-state index contributed by atoms with van der Waals surface area (Å²) in [6.07, 6.45) is 5.75. The van der Waals surface area contributed by atoms with E-state index in [1.165, 1.54) is 42.0 Å². The Hall–Kier alpha value is -1.54. The minimum Gasteiger partial charge on any atom is -0.496 e. The first kappa shape index (κ1) is 13.1. The summed E-state index contributed by atoms with van der Waals surface area (Å²) in [5.41, 5.74) is 1.38. The minimum atomic E-state index is 0.740. The first-order valence-corrected chi connectivity index (χ1v) is 8.13. The summed E-state index contributed by atoms with van der Waals surface area (Å²) < 4.78 is 5.48. The SMILES string of the molecule is COc1ccc(CNC2CC3CCC2C3)c2ccccc12. The fourth-order valence-corrected chi connectivity index (χ4v) is 4.40. The van der Waals surface area contributed by atoms with Crippen LogP contribution >= 0.6 is 0 Å². The Balaban J connectivity index is 1.56. The molecule has 2 bridgehead atoms. The number of hydrogen-bond acceptors (Lipinski definition) is 2. The molecule has 2 fully saturated rings. The van der Waals surface area contributed by atoms with Crippen LogP contribution in [-0.2, 0) is 6.54 Å². The fraction of sp³-hybridized carbons (Fsp3) is 0.474. The van der Waals surface area contributed by atoms with Crippen LogP contribution in [0.5, 0.6) is 5.75 Å². The Labute approximate surface area is 126 Å². The molecule has 2 saturated carbocycles. The van der Waals surface area contributed by atoms with Gasteiger partial charge in [-0.1, -0.05) is 36.8 Å². The normalized spacial score (nSPS) is 27.4. The van der Waals surface area contributed by atoms with E-state index in [4.69, 9.17) is 4.74 Å². The van der Waals surface area contributed by atoms with Crippen molar-refractivity contribution in [3.8, 4) is 5.75 Å². The van der Waals surface area contributed by atoms with Gasteiger partial charge in [-0.25, -0.2) is 0 Å². The lowest BCUT2D eigenvalue weighted by Crippen LogP contribution is -2.33. The summed E-state index contributed by atoms with van der Waals surface area (Å²) in [7, 11) is 1.74. The summed E-state index contributed by atoms with van der Waals surface area (Å²) >= 11 is 0. The number of nitrogens with one attached hydrogen (secondary N) is 1. The first-order valence-electron chi connectivity index (χ1n) is 8.13. The number of methoxy groups -OCH3 is 1. The van der Waals surface area contributed by atoms with E-state index >= 15 is 0 Å². The van der Waals surface area contributed by atoms with E-state index in [0.717, 1.165) is 30.2 Å².